The smallest absolute Gasteiger partial charge is 0.303 e. The fourth-order valence-corrected chi connectivity index (χ4v) is 7.13. The van der Waals surface area contributed by atoms with Gasteiger partial charge in [0.2, 0.25) is 5.91 Å². The highest BCUT2D eigenvalue weighted by Crippen LogP contribution is 2.50. The number of hydrogen-bond acceptors (Lipinski definition) is 8. The molecule has 10 nitrogen and oxygen atoms in total. The minimum absolute atomic E-state index is 0.120. The second-order valence-corrected chi connectivity index (χ2v) is 14.0. The van der Waals surface area contributed by atoms with Gasteiger partial charge in [-0.05, 0) is 49.0 Å². The Hall–Kier alpha value is -4.25. The minimum Gasteiger partial charge on any atom is -0.498 e. The number of methoxy groups -OCH3 is 2. The third-order valence-corrected chi connectivity index (χ3v) is 9.68. The molecule has 46 heavy (non-hydrogen) atoms. The fourth-order valence-electron chi connectivity index (χ4n) is 6.13. The van der Waals surface area contributed by atoms with E-state index in [0.717, 1.165) is 26.5 Å². The van der Waals surface area contributed by atoms with E-state index in [2.05, 4.69) is 32.2 Å². The van der Waals surface area contributed by atoms with Crippen molar-refractivity contribution in [1.82, 2.24) is 10.2 Å². The maximum atomic E-state index is 14.3. The van der Waals surface area contributed by atoms with Gasteiger partial charge in [-0.25, -0.2) is 0 Å². The van der Waals surface area contributed by atoms with Crippen LogP contribution in [0.25, 0.3) is 0 Å². The van der Waals surface area contributed by atoms with Crippen LogP contribution in [-0.4, -0.2) is 60.8 Å². The van der Waals surface area contributed by atoms with E-state index in [1.165, 1.54) is 11.3 Å². The van der Waals surface area contributed by atoms with Crippen LogP contribution in [0, 0.1) is 5.41 Å². The lowest BCUT2D eigenvalue weighted by atomic mass is 9.80. The first-order valence-corrected chi connectivity index (χ1v) is 16.3. The summed E-state index contributed by atoms with van der Waals surface area (Å²) in [5, 5.41) is 11.8. The van der Waals surface area contributed by atoms with Crippen LogP contribution < -0.4 is 14.8 Å². The molecule has 11 heteroatoms. The number of carbonyl (C=O) groups is 3. The Morgan fingerprint density at radius 2 is 1.89 bits per heavy atom. The van der Waals surface area contributed by atoms with Gasteiger partial charge in [0.05, 0.1) is 51.1 Å². The van der Waals surface area contributed by atoms with Crippen LogP contribution in [0.3, 0.4) is 0 Å². The Morgan fingerprint density at radius 3 is 2.59 bits per heavy atom. The van der Waals surface area contributed by atoms with Crippen LogP contribution in [0.1, 0.15) is 68.2 Å². The molecule has 0 bridgehead atoms. The Balaban J connectivity index is 1.44. The van der Waals surface area contributed by atoms with Gasteiger partial charge in [0.25, 0.3) is 5.91 Å². The molecule has 2 aliphatic heterocycles. The molecule has 1 aromatic carbocycles. The lowest BCUT2D eigenvalue weighted by Crippen LogP contribution is -2.56. The van der Waals surface area contributed by atoms with Gasteiger partial charge in [-0.1, -0.05) is 39.0 Å². The van der Waals surface area contributed by atoms with Crippen molar-refractivity contribution in [3.05, 3.63) is 80.6 Å². The zero-order valence-corrected chi connectivity index (χ0v) is 28.0. The summed E-state index contributed by atoms with van der Waals surface area (Å²) in [4.78, 5) is 42.3. The number of rotatable bonds is 11. The van der Waals surface area contributed by atoms with Gasteiger partial charge in [-0.15, -0.1) is 11.3 Å². The number of hydrogen-bond donors (Lipinski definition) is 2. The van der Waals surface area contributed by atoms with E-state index in [1.807, 2.05) is 37.3 Å². The number of benzene rings is 1. The Kier molecular flexibility index (Phi) is 9.81. The molecule has 246 valence electrons. The van der Waals surface area contributed by atoms with E-state index in [0.29, 0.717) is 48.9 Å². The summed E-state index contributed by atoms with van der Waals surface area (Å²) in [5.41, 5.74) is 2.82. The van der Waals surface area contributed by atoms with Crippen molar-refractivity contribution in [3.63, 3.8) is 0 Å². The summed E-state index contributed by atoms with van der Waals surface area (Å²) in [5.74, 6) is -0.117. The monoisotopic (exact) mass is 650 g/mol. The van der Waals surface area contributed by atoms with Crippen LogP contribution in [0.5, 0.6) is 11.5 Å². The first-order chi connectivity index (χ1) is 21.9. The summed E-state index contributed by atoms with van der Waals surface area (Å²) < 4.78 is 24.0. The topological polar surface area (TPSA) is 124 Å². The van der Waals surface area contributed by atoms with Crippen LogP contribution in [0.2, 0.25) is 0 Å². The van der Waals surface area contributed by atoms with Crippen molar-refractivity contribution in [2.45, 2.75) is 78.0 Å². The number of carboxylic acid groups (broad SMARTS) is 1. The molecule has 0 radical (unpaired) electrons. The number of ether oxygens (including phenoxy) is 4. The average molecular weight is 651 g/mol. The molecule has 0 spiro atoms. The third-order valence-electron chi connectivity index (χ3n) is 8.53. The van der Waals surface area contributed by atoms with Crippen molar-refractivity contribution in [2.75, 3.05) is 20.8 Å². The fraction of sp³-hybridized carbons (Fsp3) is 0.457. The quantitative estimate of drug-likeness (QED) is 0.318. The normalized spacial score (nSPS) is 20.9. The Morgan fingerprint density at radius 1 is 1.13 bits per heavy atom. The van der Waals surface area contributed by atoms with E-state index < -0.39 is 18.0 Å². The van der Waals surface area contributed by atoms with Gasteiger partial charge in [0.15, 0.2) is 17.6 Å². The first kappa shape index (κ1) is 33.1. The number of nitrogens with one attached hydrogen (secondary N) is 1. The predicted octanol–water partition coefficient (Wildman–Crippen LogP) is 5.69. The summed E-state index contributed by atoms with van der Waals surface area (Å²) in [7, 11) is 3.18. The second kappa shape index (κ2) is 13.6. The highest BCUT2D eigenvalue weighted by molar-refractivity contribution is 7.11. The Labute approximate surface area is 273 Å². The zero-order chi connectivity index (χ0) is 33.2. The van der Waals surface area contributed by atoms with Crippen LogP contribution in [0.15, 0.2) is 65.3 Å². The summed E-state index contributed by atoms with van der Waals surface area (Å²) >= 11 is 1.54. The number of thiophene rings is 1. The van der Waals surface area contributed by atoms with Crippen LogP contribution in [-0.2, 0) is 36.8 Å². The summed E-state index contributed by atoms with van der Waals surface area (Å²) in [6.45, 7) is 8.80. The third kappa shape index (κ3) is 6.79. The molecule has 1 aromatic heterocycles. The largest absolute Gasteiger partial charge is 0.498 e. The highest BCUT2D eigenvalue weighted by atomic mass is 32.1. The van der Waals surface area contributed by atoms with E-state index in [-0.39, 0.29) is 36.1 Å². The van der Waals surface area contributed by atoms with E-state index in [9.17, 15) is 14.4 Å². The molecule has 2 aromatic rings. The maximum Gasteiger partial charge on any atom is 0.303 e. The van der Waals surface area contributed by atoms with E-state index in [1.54, 1.807) is 25.4 Å². The molecular weight excluding hydrogens is 608 g/mol. The number of nitrogens with zero attached hydrogens (tertiary/aromatic N) is 1. The van der Waals surface area contributed by atoms with E-state index in [4.69, 9.17) is 24.1 Å². The number of aryl methyl sites for hydroxylation is 1. The van der Waals surface area contributed by atoms with Gasteiger partial charge in [0, 0.05) is 27.3 Å². The van der Waals surface area contributed by atoms with Gasteiger partial charge in [0.1, 0.15) is 12.4 Å². The van der Waals surface area contributed by atoms with E-state index >= 15 is 0 Å². The van der Waals surface area contributed by atoms with Crippen molar-refractivity contribution >= 4 is 29.1 Å². The molecule has 0 saturated heterocycles. The number of carboxylic acids is 1. The molecule has 0 saturated carbocycles. The average Bonchev–Trinajstić information content (AvgIpc) is 3.35. The number of amides is 2. The minimum atomic E-state index is -1.05. The molecule has 0 fully saturated rings. The molecule has 2 N–H and O–H groups in total. The molecule has 1 aliphatic carbocycles. The van der Waals surface area contributed by atoms with Crippen molar-refractivity contribution in [3.8, 4) is 11.5 Å². The standard InChI is InChI=1S/C35H42N2O8S/c1-20-15-24(23-10-8-11-26(42-5)32(23)43-6)33-31-25(20)18-44-19-28(35(2,3)4)37(31)34(41)27(45-33)16-29(38)36-17-22-14-13-21(46-22)9-7-12-30(39)40/h8,10-11,13-15,18,24,27-28H,7,9,12,16-17,19H2,1-6H3,(H,36,38)(H,39,40)/t24-,27+,28-/m0/s1. The van der Waals surface area contributed by atoms with Crippen LogP contribution >= 0.6 is 11.3 Å². The Bertz CT molecular complexity index is 1600. The van der Waals surface area contributed by atoms with Gasteiger partial charge in [-0.2, -0.15) is 0 Å². The van der Waals surface area contributed by atoms with Crippen molar-refractivity contribution < 1.29 is 38.4 Å². The molecular formula is C35H42N2O8S. The van der Waals surface area contributed by atoms with Crippen molar-refractivity contribution in [1.29, 1.82) is 0 Å². The predicted molar refractivity (Wildman–Crippen MR) is 173 cm³/mol. The molecule has 0 unspecified atom stereocenters. The highest BCUT2D eigenvalue weighted by Gasteiger charge is 2.49. The summed E-state index contributed by atoms with van der Waals surface area (Å²) in [6, 6.07) is 9.25. The second-order valence-electron chi connectivity index (χ2n) is 12.8. The molecule has 3 heterocycles. The number of carbonyl (C=O) groups excluding carboxylic acids is 2. The lowest BCUT2D eigenvalue weighted by Gasteiger charge is -2.46. The summed E-state index contributed by atoms with van der Waals surface area (Å²) in [6.07, 6.45) is 3.91. The van der Waals surface area contributed by atoms with Gasteiger partial charge < -0.3 is 29.4 Å². The van der Waals surface area contributed by atoms with Crippen molar-refractivity contribution in [2.24, 2.45) is 5.41 Å². The first-order valence-electron chi connectivity index (χ1n) is 15.4. The zero-order valence-electron chi connectivity index (χ0n) is 27.2. The van der Waals surface area contributed by atoms with Crippen LogP contribution in [0.4, 0.5) is 0 Å². The van der Waals surface area contributed by atoms with Gasteiger partial charge in [-0.3, -0.25) is 19.3 Å². The lowest BCUT2D eigenvalue weighted by molar-refractivity contribution is -0.151. The number of para-hydroxylation sites is 1. The van der Waals surface area contributed by atoms with Gasteiger partial charge >= 0.3 is 5.97 Å². The molecule has 5 rings (SSSR count). The SMILES string of the molecule is COc1cccc([C@@H]2C=C(C)C3=COC[C@@H](C(C)(C)C)N4C(=O)[C@@H](CC(=O)NCc5ccc(CCCC(=O)O)s5)OC2=C34)c1OC. The number of aliphatic carboxylic acids is 1. The maximum absolute atomic E-state index is 14.3. The molecule has 3 aliphatic rings. The molecule has 3 atom stereocenters. The molecule has 2 amide bonds. The number of allylic oxidation sites excluding steroid dienone is 2.